The molecule has 0 unspecified atom stereocenters. The number of carbonyl (C=O) groups excluding carboxylic acids is 1. The second-order valence-electron chi connectivity index (χ2n) is 5.67. The molecule has 3 rings (SSSR count). The molecule has 0 aliphatic rings. The fraction of sp³-hybridized carbons (Fsp3) is 0.222. The van der Waals surface area contributed by atoms with Gasteiger partial charge >= 0.3 is 6.18 Å². The first-order valence-electron chi connectivity index (χ1n) is 7.76. The number of carbonyl (C=O) groups is 1. The largest absolute Gasteiger partial charge is 0.406 e. The summed E-state index contributed by atoms with van der Waals surface area (Å²) < 4.78 is 38.6. The van der Waals surface area contributed by atoms with Gasteiger partial charge in [0.15, 0.2) is 0 Å². The van der Waals surface area contributed by atoms with Crippen LogP contribution >= 0.6 is 0 Å². The van der Waals surface area contributed by atoms with Gasteiger partial charge in [0.25, 0.3) is 0 Å². The summed E-state index contributed by atoms with van der Waals surface area (Å²) in [6.07, 6.45) is 0.355. The highest BCUT2D eigenvalue weighted by molar-refractivity contribution is 5.94. The summed E-state index contributed by atoms with van der Waals surface area (Å²) in [7, 11) is 0. The van der Waals surface area contributed by atoms with Gasteiger partial charge in [-0.25, -0.2) is 0 Å². The number of rotatable bonds is 5. The molecule has 7 heteroatoms. The van der Waals surface area contributed by atoms with Gasteiger partial charge in [0.05, 0.1) is 11.9 Å². The lowest BCUT2D eigenvalue weighted by Gasteiger charge is -2.23. The molecule has 0 saturated carbocycles. The quantitative estimate of drug-likeness (QED) is 0.756. The predicted molar refractivity (Wildman–Crippen MR) is 89.3 cm³/mol. The Morgan fingerprint density at radius 3 is 2.68 bits per heavy atom. The van der Waals surface area contributed by atoms with Gasteiger partial charge in [0.1, 0.15) is 6.54 Å². The van der Waals surface area contributed by atoms with Gasteiger partial charge in [-0.15, -0.1) is 0 Å². The molecule has 0 atom stereocenters. The first-order chi connectivity index (χ1) is 11.9. The van der Waals surface area contributed by atoms with Crippen LogP contribution in [-0.4, -0.2) is 28.6 Å². The molecule has 130 valence electrons. The normalized spacial score (nSPS) is 11.6. The number of aromatic amines is 1. The number of pyridine rings is 1. The maximum Gasteiger partial charge on any atom is 0.406 e. The van der Waals surface area contributed by atoms with E-state index < -0.39 is 18.6 Å². The SMILES string of the molecule is O=C(CCc1c[nH]c2ccccc12)N(CC(F)(F)F)c1cccnc1. The summed E-state index contributed by atoms with van der Waals surface area (Å²) in [6.45, 7) is -1.33. The van der Waals surface area contributed by atoms with Gasteiger partial charge in [0.2, 0.25) is 5.91 Å². The maximum absolute atomic E-state index is 12.9. The van der Waals surface area contributed by atoms with Gasteiger partial charge < -0.3 is 9.88 Å². The van der Waals surface area contributed by atoms with Crippen molar-refractivity contribution in [3.63, 3.8) is 0 Å². The zero-order valence-corrected chi connectivity index (χ0v) is 13.3. The standard InChI is InChI=1S/C18H16F3N3O/c19-18(20,21)12-24(14-4-3-9-22-11-14)17(25)8-7-13-10-23-16-6-2-1-5-15(13)16/h1-6,9-11,23H,7-8,12H2. The highest BCUT2D eigenvalue weighted by Crippen LogP contribution is 2.24. The minimum Gasteiger partial charge on any atom is -0.361 e. The third-order valence-electron chi connectivity index (χ3n) is 3.88. The molecule has 3 aromatic rings. The topological polar surface area (TPSA) is 49.0 Å². The van der Waals surface area contributed by atoms with Crippen LogP contribution in [0, 0.1) is 0 Å². The van der Waals surface area contributed by atoms with Crippen molar-refractivity contribution in [3.05, 3.63) is 60.6 Å². The first kappa shape index (κ1) is 17.0. The van der Waals surface area contributed by atoms with Gasteiger partial charge in [-0.2, -0.15) is 13.2 Å². The minimum absolute atomic E-state index is 0.0210. The van der Waals surface area contributed by atoms with Crippen molar-refractivity contribution in [2.75, 3.05) is 11.4 Å². The number of hydrogen-bond donors (Lipinski definition) is 1. The van der Waals surface area contributed by atoms with Crippen molar-refractivity contribution in [1.82, 2.24) is 9.97 Å². The molecule has 0 spiro atoms. The van der Waals surface area contributed by atoms with E-state index in [4.69, 9.17) is 0 Å². The fourth-order valence-electron chi connectivity index (χ4n) is 2.73. The van der Waals surface area contributed by atoms with Crippen molar-refractivity contribution in [3.8, 4) is 0 Å². The monoisotopic (exact) mass is 347 g/mol. The highest BCUT2D eigenvalue weighted by Gasteiger charge is 2.33. The van der Waals surface area contributed by atoms with Gasteiger partial charge in [-0.1, -0.05) is 18.2 Å². The number of para-hydroxylation sites is 1. The Kier molecular flexibility index (Phi) is 4.74. The lowest BCUT2D eigenvalue weighted by atomic mass is 10.1. The molecule has 0 fully saturated rings. The average molecular weight is 347 g/mol. The number of benzene rings is 1. The van der Waals surface area contributed by atoms with Crippen molar-refractivity contribution in [2.45, 2.75) is 19.0 Å². The minimum atomic E-state index is -4.48. The number of aryl methyl sites for hydroxylation is 1. The number of nitrogens with zero attached hydrogens (tertiary/aromatic N) is 2. The third-order valence-corrected chi connectivity index (χ3v) is 3.88. The van der Waals surface area contributed by atoms with Crippen molar-refractivity contribution >= 4 is 22.5 Å². The summed E-state index contributed by atoms with van der Waals surface area (Å²) in [5.41, 5.74) is 1.98. The number of aromatic nitrogens is 2. The van der Waals surface area contributed by atoms with E-state index in [1.54, 1.807) is 6.20 Å². The first-order valence-corrected chi connectivity index (χ1v) is 7.76. The van der Waals surface area contributed by atoms with Gasteiger partial charge in [0, 0.05) is 29.7 Å². The van der Waals surface area contributed by atoms with Crippen LogP contribution in [0.15, 0.2) is 55.0 Å². The second-order valence-corrected chi connectivity index (χ2v) is 5.67. The van der Waals surface area contributed by atoms with Crippen LogP contribution in [0.2, 0.25) is 0 Å². The summed E-state index contributed by atoms with van der Waals surface area (Å²) in [6, 6.07) is 10.6. The van der Waals surface area contributed by atoms with Crippen molar-refractivity contribution < 1.29 is 18.0 Å². The van der Waals surface area contributed by atoms with E-state index in [0.717, 1.165) is 21.4 Å². The zero-order valence-electron chi connectivity index (χ0n) is 13.3. The number of amides is 1. The molecule has 1 amide bonds. The number of alkyl halides is 3. The Hall–Kier alpha value is -2.83. The Morgan fingerprint density at radius 2 is 1.96 bits per heavy atom. The molecule has 0 aliphatic heterocycles. The molecule has 25 heavy (non-hydrogen) atoms. The number of H-pyrrole nitrogens is 1. The lowest BCUT2D eigenvalue weighted by molar-refractivity contribution is -0.132. The van der Waals surface area contributed by atoms with Crippen LogP contribution < -0.4 is 4.90 Å². The van der Waals surface area contributed by atoms with E-state index in [2.05, 4.69) is 9.97 Å². The second kappa shape index (κ2) is 6.96. The molecular formula is C18H16F3N3O. The average Bonchev–Trinajstić information content (AvgIpc) is 3.01. The number of fused-ring (bicyclic) bond motifs is 1. The lowest BCUT2D eigenvalue weighted by Crippen LogP contribution is -2.39. The smallest absolute Gasteiger partial charge is 0.361 e. The molecule has 2 aromatic heterocycles. The highest BCUT2D eigenvalue weighted by atomic mass is 19.4. The molecule has 2 heterocycles. The Bertz CT molecular complexity index is 859. The van der Waals surface area contributed by atoms with Crippen molar-refractivity contribution in [1.29, 1.82) is 0 Å². The summed E-state index contributed by atoms with van der Waals surface area (Å²) in [4.78, 5) is 20.1. The summed E-state index contributed by atoms with van der Waals surface area (Å²) in [5.74, 6) is -0.587. The van der Waals surface area contributed by atoms with Gasteiger partial charge in [-0.05, 0) is 30.2 Å². The van der Waals surface area contributed by atoms with Crippen LogP contribution in [0.3, 0.4) is 0 Å². The van der Waals surface area contributed by atoms with Crippen LogP contribution in [0.25, 0.3) is 10.9 Å². The van der Waals surface area contributed by atoms with E-state index >= 15 is 0 Å². The summed E-state index contributed by atoms with van der Waals surface area (Å²) in [5, 5.41) is 0.971. The predicted octanol–water partition coefficient (Wildman–Crippen LogP) is 4.09. The number of hydrogen-bond acceptors (Lipinski definition) is 2. The molecule has 0 saturated heterocycles. The maximum atomic E-state index is 12.9. The fourth-order valence-corrected chi connectivity index (χ4v) is 2.73. The van der Waals surface area contributed by atoms with E-state index in [-0.39, 0.29) is 12.1 Å². The van der Waals surface area contributed by atoms with E-state index in [9.17, 15) is 18.0 Å². The Morgan fingerprint density at radius 1 is 1.16 bits per heavy atom. The number of nitrogens with one attached hydrogen (secondary N) is 1. The molecule has 0 radical (unpaired) electrons. The zero-order chi connectivity index (χ0) is 17.9. The molecule has 0 aliphatic carbocycles. The van der Waals surface area contributed by atoms with E-state index in [1.807, 2.05) is 24.3 Å². The van der Waals surface area contributed by atoms with Crippen molar-refractivity contribution in [2.24, 2.45) is 0 Å². The van der Waals surface area contributed by atoms with Crippen LogP contribution in [0.1, 0.15) is 12.0 Å². The third kappa shape index (κ3) is 4.17. The van der Waals surface area contributed by atoms with Crippen LogP contribution in [0.5, 0.6) is 0 Å². The Balaban J connectivity index is 1.76. The number of halogens is 3. The molecule has 0 bridgehead atoms. The summed E-state index contributed by atoms with van der Waals surface area (Å²) >= 11 is 0. The van der Waals surface area contributed by atoms with E-state index in [0.29, 0.717) is 6.42 Å². The van der Waals surface area contributed by atoms with E-state index in [1.165, 1.54) is 24.5 Å². The molecule has 1 N–H and O–H groups in total. The molecular weight excluding hydrogens is 331 g/mol. The number of anilines is 1. The van der Waals surface area contributed by atoms with Crippen LogP contribution in [0.4, 0.5) is 18.9 Å². The van der Waals surface area contributed by atoms with Crippen LogP contribution in [-0.2, 0) is 11.2 Å². The molecule has 1 aromatic carbocycles. The van der Waals surface area contributed by atoms with Gasteiger partial charge in [-0.3, -0.25) is 9.78 Å². The molecule has 4 nitrogen and oxygen atoms in total. The Labute approximate surface area is 142 Å².